The lowest BCUT2D eigenvalue weighted by Crippen LogP contribution is -2.30. The molecule has 0 aromatic heterocycles. The molecule has 2 N–H and O–H groups in total. The number of unbranched alkanes of at least 4 members (excludes halogenated alkanes) is 1. The fraction of sp³-hybridized carbons (Fsp3) is 1.00. The number of rotatable bonds is 13. The van der Waals surface area contributed by atoms with Crippen molar-refractivity contribution in [2.75, 3.05) is 32.1 Å². The molecule has 1 saturated carbocycles. The van der Waals surface area contributed by atoms with Gasteiger partial charge in [0.25, 0.3) is 0 Å². The molecular formula is C13H28N2O3S. The average molecular weight is 292 g/mol. The first-order chi connectivity index (χ1) is 9.14. The van der Waals surface area contributed by atoms with Crippen LogP contribution in [0.2, 0.25) is 0 Å². The van der Waals surface area contributed by atoms with Crippen molar-refractivity contribution in [2.24, 2.45) is 0 Å². The molecule has 0 aromatic carbocycles. The molecule has 0 heterocycles. The summed E-state index contributed by atoms with van der Waals surface area (Å²) in [6.07, 6.45) is 6.09. The maximum absolute atomic E-state index is 11.6. The predicted octanol–water partition coefficient (Wildman–Crippen LogP) is 1.25. The second kappa shape index (κ2) is 9.69. The Balaban J connectivity index is 1.90. The normalized spacial score (nSPS) is 15.8. The van der Waals surface area contributed by atoms with Gasteiger partial charge in [-0.1, -0.05) is 13.3 Å². The standard InChI is InChI=1S/C13H28N2O3S/c1-2-3-10-18-11-4-9-15-19(16,17)12-5-8-14-13-6-7-13/h13-15H,2-12H2,1H3. The molecule has 0 saturated heterocycles. The van der Waals surface area contributed by atoms with E-state index in [-0.39, 0.29) is 5.75 Å². The minimum Gasteiger partial charge on any atom is -0.381 e. The van der Waals surface area contributed by atoms with E-state index >= 15 is 0 Å². The van der Waals surface area contributed by atoms with Crippen LogP contribution >= 0.6 is 0 Å². The van der Waals surface area contributed by atoms with Gasteiger partial charge in [-0.05, 0) is 38.6 Å². The lowest BCUT2D eigenvalue weighted by atomic mass is 10.4. The molecule has 0 atom stereocenters. The lowest BCUT2D eigenvalue weighted by Gasteiger charge is -2.07. The third kappa shape index (κ3) is 10.3. The van der Waals surface area contributed by atoms with Crippen LogP contribution in [0, 0.1) is 0 Å². The van der Waals surface area contributed by atoms with E-state index in [0.29, 0.717) is 25.6 Å². The number of nitrogens with one attached hydrogen (secondary N) is 2. The Bertz CT molecular complexity index is 316. The quantitative estimate of drug-likeness (QED) is 0.501. The summed E-state index contributed by atoms with van der Waals surface area (Å²) in [7, 11) is -3.10. The van der Waals surface area contributed by atoms with Crippen LogP contribution in [0.1, 0.15) is 45.4 Å². The second-order valence-corrected chi connectivity index (χ2v) is 7.04. The van der Waals surface area contributed by atoms with Crippen LogP contribution in [0.5, 0.6) is 0 Å². The summed E-state index contributed by atoms with van der Waals surface area (Å²) in [5.74, 6) is 0.212. The first-order valence-corrected chi connectivity index (χ1v) is 9.08. The molecule has 0 radical (unpaired) electrons. The van der Waals surface area contributed by atoms with Gasteiger partial charge < -0.3 is 10.1 Å². The van der Waals surface area contributed by atoms with Crippen LogP contribution in [-0.4, -0.2) is 46.5 Å². The van der Waals surface area contributed by atoms with Gasteiger partial charge in [-0.15, -0.1) is 0 Å². The van der Waals surface area contributed by atoms with Crippen molar-refractivity contribution in [3.63, 3.8) is 0 Å². The largest absolute Gasteiger partial charge is 0.381 e. The molecule has 0 spiro atoms. The molecule has 0 unspecified atom stereocenters. The van der Waals surface area contributed by atoms with E-state index in [0.717, 1.165) is 32.4 Å². The Morgan fingerprint density at radius 2 is 1.84 bits per heavy atom. The van der Waals surface area contributed by atoms with Crippen LogP contribution < -0.4 is 10.0 Å². The number of ether oxygens (including phenoxy) is 1. The van der Waals surface area contributed by atoms with Crippen LogP contribution in [0.4, 0.5) is 0 Å². The van der Waals surface area contributed by atoms with Gasteiger partial charge in [0.05, 0.1) is 5.75 Å². The van der Waals surface area contributed by atoms with Crippen molar-refractivity contribution in [3.8, 4) is 0 Å². The van der Waals surface area contributed by atoms with E-state index in [1.807, 2.05) is 0 Å². The lowest BCUT2D eigenvalue weighted by molar-refractivity contribution is 0.130. The Hall–Kier alpha value is -0.170. The van der Waals surface area contributed by atoms with E-state index < -0.39 is 10.0 Å². The molecule has 5 nitrogen and oxygen atoms in total. The van der Waals surface area contributed by atoms with Crippen molar-refractivity contribution in [2.45, 2.75) is 51.5 Å². The Morgan fingerprint density at radius 1 is 1.11 bits per heavy atom. The first-order valence-electron chi connectivity index (χ1n) is 7.42. The molecule has 1 aliphatic carbocycles. The molecule has 1 rings (SSSR count). The van der Waals surface area contributed by atoms with Crippen molar-refractivity contribution in [1.82, 2.24) is 10.0 Å². The highest BCUT2D eigenvalue weighted by Gasteiger charge is 2.20. The zero-order valence-electron chi connectivity index (χ0n) is 12.0. The van der Waals surface area contributed by atoms with Crippen molar-refractivity contribution in [3.05, 3.63) is 0 Å². The molecule has 0 aliphatic heterocycles. The molecule has 6 heteroatoms. The third-order valence-electron chi connectivity index (χ3n) is 3.03. The van der Waals surface area contributed by atoms with Gasteiger partial charge in [-0.3, -0.25) is 0 Å². The van der Waals surface area contributed by atoms with E-state index in [2.05, 4.69) is 17.0 Å². The smallest absolute Gasteiger partial charge is 0.211 e. The SMILES string of the molecule is CCCCOCCCNS(=O)(=O)CCCNC1CC1. The predicted molar refractivity (Wildman–Crippen MR) is 77.8 cm³/mol. The minimum atomic E-state index is -3.10. The van der Waals surface area contributed by atoms with E-state index in [1.165, 1.54) is 12.8 Å². The topological polar surface area (TPSA) is 67.4 Å². The number of hydrogen-bond donors (Lipinski definition) is 2. The van der Waals surface area contributed by atoms with E-state index in [4.69, 9.17) is 4.74 Å². The van der Waals surface area contributed by atoms with Crippen LogP contribution in [0.25, 0.3) is 0 Å². The fourth-order valence-electron chi connectivity index (χ4n) is 1.68. The van der Waals surface area contributed by atoms with Crippen LogP contribution in [-0.2, 0) is 14.8 Å². The van der Waals surface area contributed by atoms with E-state index in [9.17, 15) is 8.42 Å². The Labute approximate surface area is 117 Å². The van der Waals surface area contributed by atoms with Gasteiger partial charge in [0.1, 0.15) is 0 Å². The van der Waals surface area contributed by atoms with Gasteiger partial charge in [0.2, 0.25) is 10.0 Å². The third-order valence-corrected chi connectivity index (χ3v) is 4.50. The molecule has 19 heavy (non-hydrogen) atoms. The highest BCUT2D eigenvalue weighted by Crippen LogP contribution is 2.18. The molecule has 1 aliphatic rings. The van der Waals surface area contributed by atoms with Gasteiger partial charge in [0, 0.05) is 25.8 Å². The summed E-state index contributed by atoms with van der Waals surface area (Å²) < 4.78 is 31.3. The molecular weight excluding hydrogens is 264 g/mol. The second-order valence-electron chi connectivity index (χ2n) is 5.11. The van der Waals surface area contributed by atoms with Crippen molar-refractivity contribution >= 4 is 10.0 Å². The number of hydrogen-bond acceptors (Lipinski definition) is 4. The summed E-state index contributed by atoms with van der Waals surface area (Å²) in [5, 5.41) is 3.31. The molecule has 0 amide bonds. The van der Waals surface area contributed by atoms with Gasteiger partial charge >= 0.3 is 0 Å². The van der Waals surface area contributed by atoms with Gasteiger partial charge in [-0.25, -0.2) is 13.1 Å². The Morgan fingerprint density at radius 3 is 2.53 bits per heavy atom. The maximum Gasteiger partial charge on any atom is 0.211 e. The summed E-state index contributed by atoms with van der Waals surface area (Å²) in [6.45, 7) is 4.80. The van der Waals surface area contributed by atoms with Crippen molar-refractivity contribution < 1.29 is 13.2 Å². The average Bonchev–Trinajstić information content (AvgIpc) is 3.18. The van der Waals surface area contributed by atoms with E-state index in [1.54, 1.807) is 0 Å². The van der Waals surface area contributed by atoms with Gasteiger partial charge in [-0.2, -0.15) is 0 Å². The zero-order chi connectivity index (χ0) is 14.0. The number of sulfonamides is 1. The molecule has 114 valence electrons. The maximum atomic E-state index is 11.6. The first kappa shape index (κ1) is 16.9. The monoisotopic (exact) mass is 292 g/mol. The summed E-state index contributed by atoms with van der Waals surface area (Å²) in [4.78, 5) is 0. The summed E-state index contributed by atoms with van der Waals surface area (Å²) in [5.41, 5.74) is 0. The van der Waals surface area contributed by atoms with Crippen molar-refractivity contribution in [1.29, 1.82) is 0 Å². The van der Waals surface area contributed by atoms with Crippen LogP contribution in [0.15, 0.2) is 0 Å². The highest BCUT2D eigenvalue weighted by atomic mass is 32.2. The van der Waals surface area contributed by atoms with Crippen LogP contribution in [0.3, 0.4) is 0 Å². The molecule has 0 aromatic rings. The summed E-state index contributed by atoms with van der Waals surface area (Å²) in [6, 6.07) is 0.649. The zero-order valence-corrected chi connectivity index (χ0v) is 12.8. The minimum absolute atomic E-state index is 0.212. The van der Waals surface area contributed by atoms with Gasteiger partial charge in [0.15, 0.2) is 0 Å². The molecule has 1 fully saturated rings. The fourth-order valence-corrected chi connectivity index (χ4v) is 2.80. The Kier molecular flexibility index (Phi) is 8.61. The summed E-state index contributed by atoms with van der Waals surface area (Å²) >= 11 is 0. The highest BCUT2D eigenvalue weighted by molar-refractivity contribution is 7.89. The molecule has 0 bridgehead atoms.